The smallest absolute Gasteiger partial charge is 0.0931 e. The molecule has 0 aromatic carbocycles. The van der Waals surface area contributed by atoms with E-state index in [4.69, 9.17) is 0 Å². The lowest BCUT2D eigenvalue weighted by atomic mass is 10.4. The molecule has 0 bridgehead atoms. The second kappa shape index (κ2) is 1.65. The molecule has 0 saturated heterocycles. The molecule has 0 atom stereocenters. The van der Waals surface area contributed by atoms with Gasteiger partial charge in [0.05, 0.1) is 5.83 Å². The topological polar surface area (TPSA) is 0 Å². The van der Waals surface area contributed by atoms with Gasteiger partial charge in [0, 0.05) is 0 Å². The Kier molecular flexibility index (Phi) is 1.13. The minimum atomic E-state index is -0.0255. The van der Waals surface area contributed by atoms with E-state index in [1.165, 1.54) is 19.8 Å². The van der Waals surface area contributed by atoms with E-state index < -0.39 is 0 Å². The predicted octanol–water partition coefficient (Wildman–Crippen LogP) is 2.27. The molecule has 0 aromatic rings. The van der Waals surface area contributed by atoms with Gasteiger partial charge in [0.1, 0.15) is 0 Å². The molecule has 0 amide bonds. The van der Waals surface area contributed by atoms with Gasteiger partial charge in [-0.1, -0.05) is 6.08 Å². The summed E-state index contributed by atoms with van der Waals surface area (Å²) in [7, 11) is 0. The summed E-state index contributed by atoms with van der Waals surface area (Å²) in [4.78, 5) is 0. The highest BCUT2D eigenvalue weighted by Crippen LogP contribution is 2.31. The van der Waals surface area contributed by atoms with Crippen molar-refractivity contribution in [3.05, 3.63) is 11.9 Å². The van der Waals surface area contributed by atoms with Gasteiger partial charge in [-0.3, -0.25) is 0 Å². The highest BCUT2D eigenvalue weighted by atomic mass is 19.1. The van der Waals surface area contributed by atoms with Crippen molar-refractivity contribution in [3.63, 3.8) is 0 Å². The van der Waals surface area contributed by atoms with Crippen LogP contribution in [0, 0.1) is 5.92 Å². The second-order valence-electron chi connectivity index (χ2n) is 2.09. The minimum absolute atomic E-state index is 0.0255. The average Bonchev–Trinajstić information content (AvgIpc) is 2.17. The van der Waals surface area contributed by atoms with Gasteiger partial charge in [-0.25, -0.2) is 4.39 Å². The molecule has 0 spiro atoms. The fourth-order valence-corrected chi connectivity index (χ4v) is 0.588. The number of allylic oxidation sites excluding steroid dienone is 2. The third-order valence-corrected chi connectivity index (χ3v) is 1.09. The Balaban J connectivity index is 2.29. The third kappa shape index (κ3) is 1.72. The zero-order chi connectivity index (χ0) is 5.28. The van der Waals surface area contributed by atoms with Crippen molar-refractivity contribution in [2.75, 3.05) is 0 Å². The van der Waals surface area contributed by atoms with Gasteiger partial charge in [-0.15, -0.1) is 0 Å². The summed E-state index contributed by atoms with van der Waals surface area (Å²) in [6, 6.07) is 0. The first-order valence-electron chi connectivity index (χ1n) is 2.63. The summed E-state index contributed by atoms with van der Waals surface area (Å²) >= 11 is 0. The van der Waals surface area contributed by atoms with E-state index in [-0.39, 0.29) is 5.83 Å². The van der Waals surface area contributed by atoms with E-state index in [0.717, 1.165) is 0 Å². The van der Waals surface area contributed by atoms with Crippen molar-refractivity contribution >= 4 is 0 Å². The van der Waals surface area contributed by atoms with Crippen LogP contribution in [0.1, 0.15) is 19.8 Å². The molecule has 40 valence electrons. The Morgan fingerprint density at radius 2 is 2.29 bits per heavy atom. The molecular formula is C6H9F. The monoisotopic (exact) mass is 100 g/mol. The maximum atomic E-state index is 11.9. The largest absolute Gasteiger partial charge is 0.212 e. The lowest BCUT2D eigenvalue weighted by Crippen LogP contribution is -1.63. The Hall–Kier alpha value is -0.330. The molecule has 0 N–H and O–H groups in total. The van der Waals surface area contributed by atoms with E-state index >= 15 is 0 Å². The Labute approximate surface area is 43.0 Å². The van der Waals surface area contributed by atoms with Gasteiger partial charge in [0.25, 0.3) is 0 Å². The molecule has 0 heterocycles. The Morgan fingerprint density at radius 1 is 1.71 bits per heavy atom. The molecule has 0 nitrogen and oxygen atoms in total. The second-order valence-corrected chi connectivity index (χ2v) is 2.09. The van der Waals surface area contributed by atoms with Crippen LogP contribution in [0.2, 0.25) is 0 Å². The first-order valence-corrected chi connectivity index (χ1v) is 2.63. The first-order chi connectivity index (χ1) is 3.29. The van der Waals surface area contributed by atoms with Crippen molar-refractivity contribution in [2.24, 2.45) is 5.92 Å². The summed E-state index contributed by atoms with van der Waals surface area (Å²) in [5.41, 5.74) is 0. The van der Waals surface area contributed by atoms with Crippen LogP contribution in [0.25, 0.3) is 0 Å². The molecule has 0 aliphatic heterocycles. The van der Waals surface area contributed by atoms with Crippen molar-refractivity contribution in [1.82, 2.24) is 0 Å². The van der Waals surface area contributed by atoms with Gasteiger partial charge in [0.2, 0.25) is 0 Å². The molecular weight excluding hydrogens is 91.1 g/mol. The summed E-state index contributed by atoms with van der Waals surface area (Å²) < 4.78 is 11.9. The van der Waals surface area contributed by atoms with Crippen LogP contribution in [0.4, 0.5) is 4.39 Å². The molecule has 0 radical (unpaired) electrons. The molecule has 0 aromatic heterocycles. The van der Waals surface area contributed by atoms with Crippen molar-refractivity contribution in [3.8, 4) is 0 Å². The first kappa shape index (κ1) is 4.82. The SMILES string of the molecule is CC(F)=CC1CC1. The van der Waals surface area contributed by atoms with Gasteiger partial charge >= 0.3 is 0 Å². The Morgan fingerprint density at radius 3 is 2.43 bits per heavy atom. The fourth-order valence-electron chi connectivity index (χ4n) is 0.588. The van der Waals surface area contributed by atoms with E-state index in [0.29, 0.717) is 5.92 Å². The molecule has 1 heteroatoms. The molecule has 1 aliphatic rings. The zero-order valence-electron chi connectivity index (χ0n) is 4.45. The quantitative estimate of drug-likeness (QED) is 0.474. The lowest BCUT2D eigenvalue weighted by molar-refractivity contribution is 0.631. The summed E-state index contributed by atoms with van der Waals surface area (Å²) in [5.74, 6) is 0.563. The standard InChI is InChI=1S/C6H9F/c1-5(7)4-6-2-3-6/h4,6H,2-3H2,1H3. The normalized spacial score (nSPS) is 22.9. The number of rotatable bonds is 1. The summed E-state index contributed by atoms with van der Waals surface area (Å²) in [6.45, 7) is 1.50. The van der Waals surface area contributed by atoms with Crippen molar-refractivity contribution < 1.29 is 4.39 Å². The number of hydrogen-bond acceptors (Lipinski definition) is 0. The van der Waals surface area contributed by atoms with Gasteiger partial charge in [-0.2, -0.15) is 0 Å². The summed E-state index contributed by atoms with van der Waals surface area (Å²) in [6.07, 6.45) is 4.09. The molecule has 1 saturated carbocycles. The third-order valence-electron chi connectivity index (χ3n) is 1.09. The molecule has 7 heavy (non-hydrogen) atoms. The van der Waals surface area contributed by atoms with Crippen LogP contribution in [-0.2, 0) is 0 Å². The van der Waals surface area contributed by atoms with E-state index in [9.17, 15) is 4.39 Å². The number of hydrogen-bond donors (Lipinski definition) is 0. The Bertz CT molecular complexity index is 86.4. The molecule has 0 unspecified atom stereocenters. The van der Waals surface area contributed by atoms with Crippen LogP contribution in [0.5, 0.6) is 0 Å². The van der Waals surface area contributed by atoms with Crippen LogP contribution in [0.15, 0.2) is 11.9 Å². The van der Waals surface area contributed by atoms with Gasteiger partial charge < -0.3 is 0 Å². The zero-order valence-corrected chi connectivity index (χ0v) is 4.45. The minimum Gasteiger partial charge on any atom is -0.212 e. The van der Waals surface area contributed by atoms with Gasteiger partial charge in [-0.05, 0) is 25.7 Å². The summed E-state index contributed by atoms with van der Waals surface area (Å²) in [5, 5.41) is 0. The van der Waals surface area contributed by atoms with Crippen LogP contribution in [-0.4, -0.2) is 0 Å². The average molecular weight is 100 g/mol. The maximum absolute atomic E-state index is 11.9. The number of halogens is 1. The van der Waals surface area contributed by atoms with Crippen molar-refractivity contribution in [2.45, 2.75) is 19.8 Å². The van der Waals surface area contributed by atoms with Gasteiger partial charge in [0.15, 0.2) is 0 Å². The van der Waals surface area contributed by atoms with E-state index in [1.54, 1.807) is 6.08 Å². The molecule has 1 rings (SSSR count). The van der Waals surface area contributed by atoms with Crippen LogP contribution in [0.3, 0.4) is 0 Å². The van der Waals surface area contributed by atoms with E-state index in [1.807, 2.05) is 0 Å². The van der Waals surface area contributed by atoms with E-state index in [2.05, 4.69) is 0 Å². The van der Waals surface area contributed by atoms with Crippen LogP contribution >= 0.6 is 0 Å². The van der Waals surface area contributed by atoms with Crippen molar-refractivity contribution in [1.29, 1.82) is 0 Å². The molecule has 1 aliphatic carbocycles. The van der Waals surface area contributed by atoms with Crippen LogP contribution < -0.4 is 0 Å². The highest BCUT2D eigenvalue weighted by Gasteiger charge is 2.17. The fraction of sp³-hybridized carbons (Fsp3) is 0.667. The maximum Gasteiger partial charge on any atom is 0.0931 e. The lowest BCUT2D eigenvalue weighted by Gasteiger charge is -1.78. The predicted molar refractivity (Wildman–Crippen MR) is 27.6 cm³/mol. The highest BCUT2D eigenvalue weighted by molar-refractivity contribution is 4.98. The molecule has 1 fully saturated rings.